The first-order valence-corrected chi connectivity index (χ1v) is 6.94. The molecule has 1 saturated heterocycles. The molecule has 0 unspecified atom stereocenters. The molecule has 0 saturated carbocycles. The highest BCUT2D eigenvalue weighted by Crippen LogP contribution is 2.21. The van der Waals surface area contributed by atoms with E-state index in [1.165, 1.54) is 0 Å². The van der Waals surface area contributed by atoms with Crippen LogP contribution in [0.15, 0.2) is 16.7 Å². The van der Waals surface area contributed by atoms with Gasteiger partial charge in [0.15, 0.2) is 0 Å². The third-order valence-corrected chi connectivity index (χ3v) is 3.70. The second-order valence-electron chi connectivity index (χ2n) is 4.40. The molecule has 18 heavy (non-hydrogen) atoms. The summed E-state index contributed by atoms with van der Waals surface area (Å²) in [6.45, 7) is 1.89. The van der Waals surface area contributed by atoms with Crippen LogP contribution in [0.25, 0.3) is 0 Å². The predicted octanol–water partition coefficient (Wildman–Crippen LogP) is 2.75. The van der Waals surface area contributed by atoms with E-state index in [0.29, 0.717) is 10.0 Å². The van der Waals surface area contributed by atoms with Gasteiger partial charge in [0, 0.05) is 23.8 Å². The summed E-state index contributed by atoms with van der Waals surface area (Å²) in [5.74, 6) is -0.400. The fraction of sp³-hybridized carbons (Fsp3) is 0.500. The van der Waals surface area contributed by atoms with Crippen LogP contribution in [0.3, 0.4) is 0 Å². The SMILES string of the molecule is CN1CCC(OC(=O)c2cc(Br)cnc2Cl)CC1. The first kappa shape index (κ1) is 13.8. The molecule has 1 aromatic heterocycles. The summed E-state index contributed by atoms with van der Waals surface area (Å²) >= 11 is 9.15. The molecule has 1 aliphatic heterocycles. The molecule has 1 aromatic rings. The van der Waals surface area contributed by atoms with Crippen molar-refractivity contribution in [1.29, 1.82) is 0 Å². The molecule has 0 aromatic carbocycles. The smallest absolute Gasteiger partial charge is 0.341 e. The van der Waals surface area contributed by atoms with E-state index in [1.807, 2.05) is 0 Å². The Balaban J connectivity index is 2.01. The largest absolute Gasteiger partial charge is 0.459 e. The van der Waals surface area contributed by atoms with Crippen LogP contribution in [0.4, 0.5) is 0 Å². The molecule has 2 rings (SSSR count). The van der Waals surface area contributed by atoms with E-state index in [-0.39, 0.29) is 11.3 Å². The van der Waals surface area contributed by atoms with Crippen LogP contribution < -0.4 is 0 Å². The summed E-state index contributed by atoms with van der Waals surface area (Å²) < 4.78 is 6.16. The zero-order valence-electron chi connectivity index (χ0n) is 10.0. The van der Waals surface area contributed by atoms with Crippen LogP contribution in [0.5, 0.6) is 0 Å². The van der Waals surface area contributed by atoms with Crippen LogP contribution in [0.1, 0.15) is 23.2 Å². The third-order valence-electron chi connectivity index (χ3n) is 2.96. The van der Waals surface area contributed by atoms with Crippen molar-refractivity contribution >= 4 is 33.5 Å². The molecule has 0 radical (unpaired) electrons. The summed E-state index contributed by atoms with van der Waals surface area (Å²) in [5.41, 5.74) is 0.310. The van der Waals surface area contributed by atoms with Crippen molar-refractivity contribution < 1.29 is 9.53 Å². The molecule has 6 heteroatoms. The van der Waals surface area contributed by atoms with Gasteiger partial charge < -0.3 is 9.64 Å². The Morgan fingerprint density at radius 3 is 2.89 bits per heavy atom. The number of hydrogen-bond acceptors (Lipinski definition) is 4. The molecule has 2 heterocycles. The number of esters is 1. The van der Waals surface area contributed by atoms with Gasteiger partial charge in [0.25, 0.3) is 0 Å². The first-order chi connectivity index (χ1) is 8.56. The van der Waals surface area contributed by atoms with E-state index in [0.717, 1.165) is 25.9 Å². The summed E-state index contributed by atoms with van der Waals surface area (Å²) in [6, 6.07) is 1.63. The fourth-order valence-electron chi connectivity index (χ4n) is 1.88. The van der Waals surface area contributed by atoms with Gasteiger partial charge in [-0.25, -0.2) is 9.78 Å². The predicted molar refractivity (Wildman–Crippen MR) is 72.9 cm³/mol. The fourth-order valence-corrected chi connectivity index (χ4v) is 2.40. The van der Waals surface area contributed by atoms with E-state index in [2.05, 4.69) is 32.9 Å². The standard InChI is InChI=1S/C12H14BrClN2O2/c1-16-4-2-9(3-5-16)18-12(17)10-6-8(13)7-15-11(10)14/h6-7,9H,2-5H2,1H3. The maximum atomic E-state index is 12.0. The van der Waals surface area contributed by atoms with Gasteiger partial charge in [-0.1, -0.05) is 11.6 Å². The summed E-state index contributed by atoms with van der Waals surface area (Å²) in [7, 11) is 2.06. The molecular weight excluding hydrogens is 320 g/mol. The second-order valence-corrected chi connectivity index (χ2v) is 5.67. The maximum absolute atomic E-state index is 12.0. The van der Waals surface area contributed by atoms with Gasteiger partial charge in [0.2, 0.25) is 0 Å². The highest BCUT2D eigenvalue weighted by Gasteiger charge is 2.22. The van der Waals surface area contributed by atoms with E-state index in [1.54, 1.807) is 12.3 Å². The highest BCUT2D eigenvalue weighted by molar-refractivity contribution is 9.10. The number of carbonyl (C=O) groups is 1. The van der Waals surface area contributed by atoms with Gasteiger partial charge in [-0.05, 0) is 41.9 Å². The summed E-state index contributed by atoms with van der Waals surface area (Å²) in [6.07, 6.45) is 3.25. The lowest BCUT2D eigenvalue weighted by atomic mass is 10.1. The van der Waals surface area contributed by atoms with Crippen LogP contribution >= 0.6 is 27.5 Å². The monoisotopic (exact) mass is 332 g/mol. The second kappa shape index (κ2) is 5.99. The topological polar surface area (TPSA) is 42.4 Å². The number of rotatable bonds is 2. The van der Waals surface area contributed by atoms with Gasteiger partial charge >= 0.3 is 5.97 Å². The number of ether oxygens (including phenoxy) is 1. The molecule has 0 N–H and O–H groups in total. The van der Waals surface area contributed by atoms with Gasteiger partial charge in [-0.15, -0.1) is 0 Å². The highest BCUT2D eigenvalue weighted by atomic mass is 79.9. The number of halogens is 2. The normalized spacial score (nSPS) is 17.7. The summed E-state index contributed by atoms with van der Waals surface area (Å²) in [4.78, 5) is 18.1. The van der Waals surface area contributed by atoms with Crippen LogP contribution in [-0.4, -0.2) is 42.1 Å². The van der Waals surface area contributed by atoms with E-state index < -0.39 is 5.97 Å². The average Bonchev–Trinajstić information content (AvgIpc) is 2.35. The van der Waals surface area contributed by atoms with Crippen molar-refractivity contribution in [2.24, 2.45) is 0 Å². The number of nitrogens with zero attached hydrogens (tertiary/aromatic N) is 2. The van der Waals surface area contributed by atoms with Crippen molar-refractivity contribution in [2.45, 2.75) is 18.9 Å². The third kappa shape index (κ3) is 3.43. The Hall–Kier alpha value is -0.650. The van der Waals surface area contributed by atoms with Crippen molar-refractivity contribution in [2.75, 3.05) is 20.1 Å². The van der Waals surface area contributed by atoms with Gasteiger partial charge in [0.05, 0.1) is 5.56 Å². The number of pyridine rings is 1. The van der Waals surface area contributed by atoms with Crippen LogP contribution in [-0.2, 0) is 4.74 Å². The van der Waals surface area contributed by atoms with E-state index in [9.17, 15) is 4.79 Å². The lowest BCUT2D eigenvalue weighted by Crippen LogP contribution is -2.35. The minimum Gasteiger partial charge on any atom is -0.459 e. The maximum Gasteiger partial charge on any atom is 0.341 e. The summed E-state index contributed by atoms with van der Waals surface area (Å²) in [5, 5.41) is 0.177. The average molecular weight is 334 g/mol. The van der Waals surface area contributed by atoms with E-state index in [4.69, 9.17) is 16.3 Å². The number of carbonyl (C=O) groups excluding carboxylic acids is 1. The number of aromatic nitrogens is 1. The zero-order valence-corrected chi connectivity index (χ0v) is 12.4. The Morgan fingerprint density at radius 1 is 1.56 bits per heavy atom. The molecule has 0 aliphatic carbocycles. The van der Waals surface area contributed by atoms with Gasteiger partial charge in [-0.2, -0.15) is 0 Å². The molecule has 98 valence electrons. The molecule has 0 atom stereocenters. The molecular formula is C12H14BrClN2O2. The first-order valence-electron chi connectivity index (χ1n) is 5.77. The number of piperidine rings is 1. The molecule has 4 nitrogen and oxygen atoms in total. The van der Waals surface area contributed by atoms with Crippen molar-refractivity contribution in [3.05, 3.63) is 27.5 Å². The van der Waals surface area contributed by atoms with Gasteiger partial charge in [0.1, 0.15) is 11.3 Å². The van der Waals surface area contributed by atoms with Gasteiger partial charge in [-0.3, -0.25) is 0 Å². The minimum atomic E-state index is -0.400. The molecule has 0 spiro atoms. The minimum absolute atomic E-state index is 0.0243. The van der Waals surface area contributed by atoms with Crippen molar-refractivity contribution in [1.82, 2.24) is 9.88 Å². The quantitative estimate of drug-likeness (QED) is 0.616. The number of likely N-dealkylation sites (tertiary alicyclic amines) is 1. The number of hydrogen-bond donors (Lipinski definition) is 0. The van der Waals surface area contributed by atoms with E-state index >= 15 is 0 Å². The Morgan fingerprint density at radius 2 is 2.22 bits per heavy atom. The van der Waals surface area contributed by atoms with Crippen LogP contribution in [0.2, 0.25) is 5.15 Å². The Bertz CT molecular complexity index is 448. The van der Waals surface area contributed by atoms with Crippen molar-refractivity contribution in [3.8, 4) is 0 Å². The zero-order chi connectivity index (χ0) is 13.1. The lowest BCUT2D eigenvalue weighted by Gasteiger charge is -2.28. The Kier molecular flexibility index (Phi) is 4.59. The molecule has 1 aliphatic rings. The Labute approximate surface area is 119 Å². The molecule has 1 fully saturated rings. The molecule has 0 amide bonds. The van der Waals surface area contributed by atoms with Crippen molar-refractivity contribution in [3.63, 3.8) is 0 Å². The van der Waals surface area contributed by atoms with Crippen LogP contribution in [0, 0.1) is 0 Å². The lowest BCUT2D eigenvalue weighted by molar-refractivity contribution is 0.0139. The molecule has 0 bridgehead atoms.